The van der Waals surface area contributed by atoms with Gasteiger partial charge in [-0.1, -0.05) is 11.6 Å². The number of nitrogens with zero attached hydrogens (tertiary/aromatic N) is 4. The van der Waals surface area contributed by atoms with Crippen molar-refractivity contribution in [1.29, 1.82) is 0 Å². The number of carbonyl (C=O) groups is 1. The fourth-order valence-electron chi connectivity index (χ4n) is 5.56. The monoisotopic (exact) mass is 533 g/mol. The van der Waals surface area contributed by atoms with E-state index < -0.39 is 17.2 Å². The molecule has 2 fully saturated rings. The van der Waals surface area contributed by atoms with Crippen molar-refractivity contribution in [2.24, 2.45) is 11.7 Å². The lowest BCUT2D eigenvalue weighted by atomic mass is 9.83. The van der Waals surface area contributed by atoms with Gasteiger partial charge in [-0.15, -0.1) is 0 Å². The van der Waals surface area contributed by atoms with Gasteiger partial charge in [-0.05, 0) is 70.4 Å². The first-order valence-corrected chi connectivity index (χ1v) is 12.9. The predicted octanol–water partition coefficient (Wildman–Crippen LogP) is 4.82. The van der Waals surface area contributed by atoms with Gasteiger partial charge in [-0.3, -0.25) is 9.36 Å². The maximum atomic E-state index is 14.6. The Kier molecular flexibility index (Phi) is 6.93. The number of benzene rings is 1. The summed E-state index contributed by atoms with van der Waals surface area (Å²) in [5, 5.41) is 16.5. The lowest BCUT2D eigenvalue weighted by molar-refractivity contribution is -0.122. The van der Waals surface area contributed by atoms with Gasteiger partial charge in [0.05, 0.1) is 11.8 Å². The van der Waals surface area contributed by atoms with E-state index in [4.69, 9.17) is 22.3 Å². The Bertz CT molecular complexity index is 1300. The highest BCUT2D eigenvalue weighted by Gasteiger charge is 2.32. The van der Waals surface area contributed by atoms with Gasteiger partial charge >= 0.3 is 0 Å². The van der Waals surface area contributed by atoms with Crippen molar-refractivity contribution in [1.82, 2.24) is 19.5 Å². The molecule has 2 aliphatic rings. The number of halogens is 3. The van der Waals surface area contributed by atoms with E-state index in [1.807, 2.05) is 11.5 Å². The van der Waals surface area contributed by atoms with Gasteiger partial charge in [-0.2, -0.15) is 4.98 Å². The summed E-state index contributed by atoms with van der Waals surface area (Å²) in [7, 11) is 0. The number of imidazole rings is 1. The number of carbonyl (C=O) groups excluding carboxylic acids is 1. The highest BCUT2D eigenvalue weighted by molar-refractivity contribution is 6.30. The van der Waals surface area contributed by atoms with Gasteiger partial charge in [0.15, 0.2) is 17.3 Å². The fraction of sp³-hybridized carbons (Fsp3) is 0.520. The largest absolute Gasteiger partial charge is 0.390 e. The Morgan fingerprint density at radius 2 is 1.89 bits per heavy atom. The molecule has 0 radical (unpaired) electrons. The molecule has 5 N–H and O–H groups in total. The molecule has 198 valence electrons. The van der Waals surface area contributed by atoms with Gasteiger partial charge in [0, 0.05) is 23.0 Å². The number of primary amides is 1. The average Bonchev–Trinajstić information content (AvgIpc) is 3.18. The average molecular weight is 534 g/mol. The van der Waals surface area contributed by atoms with Crippen molar-refractivity contribution in [3.8, 4) is 0 Å². The lowest BCUT2D eigenvalue weighted by Crippen LogP contribution is -2.38. The summed E-state index contributed by atoms with van der Waals surface area (Å²) in [6.07, 6.45) is 7.10. The van der Waals surface area contributed by atoms with Crippen LogP contribution in [0.3, 0.4) is 0 Å². The Morgan fingerprint density at radius 3 is 2.54 bits per heavy atom. The van der Waals surface area contributed by atoms with Crippen LogP contribution < -0.4 is 16.4 Å². The summed E-state index contributed by atoms with van der Waals surface area (Å²) >= 11 is 5.79. The second-order valence-corrected chi connectivity index (χ2v) is 10.9. The molecule has 0 aliphatic heterocycles. The minimum absolute atomic E-state index is 0.0124. The molecule has 0 bridgehead atoms. The Hall–Kier alpha value is -3.05. The second kappa shape index (κ2) is 10.0. The van der Waals surface area contributed by atoms with E-state index in [0.29, 0.717) is 49.2 Å². The third-order valence-corrected chi connectivity index (χ3v) is 7.65. The number of hydrogen-bond donors (Lipinski definition) is 4. The molecule has 0 saturated heterocycles. The minimum Gasteiger partial charge on any atom is -0.390 e. The first-order valence-electron chi connectivity index (χ1n) is 12.5. The number of anilines is 3. The second-order valence-electron chi connectivity index (χ2n) is 10.4. The van der Waals surface area contributed by atoms with Crippen LogP contribution >= 0.6 is 11.6 Å². The van der Waals surface area contributed by atoms with Gasteiger partial charge in [-0.25, -0.2) is 18.7 Å². The van der Waals surface area contributed by atoms with Gasteiger partial charge in [0.2, 0.25) is 17.8 Å². The Morgan fingerprint density at radius 1 is 1.19 bits per heavy atom. The van der Waals surface area contributed by atoms with Crippen molar-refractivity contribution in [2.75, 3.05) is 10.6 Å². The van der Waals surface area contributed by atoms with Crippen molar-refractivity contribution in [3.05, 3.63) is 35.0 Å². The highest BCUT2D eigenvalue weighted by Crippen LogP contribution is 2.38. The molecule has 37 heavy (non-hydrogen) atoms. The molecule has 0 unspecified atom stereocenters. The van der Waals surface area contributed by atoms with E-state index in [1.165, 1.54) is 0 Å². The smallest absolute Gasteiger partial charge is 0.224 e. The maximum absolute atomic E-state index is 14.6. The minimum atomic E-state index is -0.848. The summed E-state index contributed by atoms with van der Waals surface area (Å²) < 4.78 is 31.1. The molecule has 2 aromatic heterocycles. The van der Waals surface area contributed by atoms with Crippen molar-refractivity contribution in [3.63, 3.8) is 0 Å². The van der Waals surface area contributed by atoms with E-state index in [2.05, 4.69) is 20.6 Å². The summed E-state index contributed by atoms with van der Waals surface area (Å²) in [4.78, 5) is 25.4. The zero-order valence-corrected chi connectivity index (χ0v) is 21.2. The summed E-state index contributed by atoms with van der Waals surface area (Å²) in [5.41, 5.74) is 5.35. The summed E-state index contributed by atoms with van der Waals surface area (Å²) in [6, 6.07) is 1.94. The van der Waals surface area contributed by atoms with Gasteiger partial charge in [0.25, 0.3) is 0 Å². The first-order chi connectivity index (χ1) is 17.6. The van der Waals surface area contributed by atoms with E-state index in [0.717, 1.165) is 31.4 Å². The van der Waals surface area contributed by atoms with E-state index in [-0.39, 0.29) is 40.6 Å². The normalized spacial score (nSPS) is 26.2. The molecular weight excluding hydrogens is 504 g/mol. The van der Waals surface area contributed by atoms with Crippen LogP contribution in [0.2, 0.25) is 5.02 Å². The van der Waals surface area contributed by atoms with Crippen LogP contribution in [0.5, 0.6) is 0 Å². The predicted molar refractivity (Wildman–Crippen MR) is 137 cm³/mol. The van der Waals surface area contributed by atoms with Crippen molar-refractivity contribution in [2.45, 2.75) is 76.0 Å². The number of nitrogens with two attached hydrogens (primary N) is 1. The van der Waals surface area contributed by atoms with Crippen LogP contribution in [0.15, 0.2) is 18.3 Å². The number of hydrogen-bond acceptors (Lipinski definition) is 7. The number of rotatable bonds is 6. The first kappa shape index (κ1) is 25.6. The zero-order valence-electron chi connectivity index (χ0n) is 20.5. The Labute approximate surface area is 217 Å². The summed E-state index contributed by atoms with van der Waals surface area (Å²) in [6.45, 7) is 1.83. The molecule has 5 rings (SSSR count). The SMILES string of the molecule is C[C@]1(O)CCC[C@H](Nc2ncc3nc(Nc4c(F)cc(Cl)cc4F)n(C4CCC(C(N)=O)CC4)c3n2)C1. The molecule has 0 spiro atoms. The van der Waals surface area contributed by atoms with E-state index in [1.54, 1.807) is 6.20 Å². The van der Waals surface area contributed by atoms with E-state index >= 15 is 0 Å². The van der Waals surface area contributed by atoms with Gasteiger partial charge < -0.3 is 21.5 Å². The molecule has 9 nitrogen and oxygen atoms in total. The lowest BCUT2D eigenvalue weighted by Gasteiger charge is -2.34. The van der Waals surface area contributed by atoms with E-state index in [9.17, 15) is 18.7 Å². The molecule has 1 aromatic carbocycles. The Balaban J connectivity index is 1.51. The van der Waals surface area contributed by atoms with Crippen molar-refractivity contribution < 1.29 is 18.7 Å². The van der Waals surface area contributed by atoms with Crippen LogP contribution in [0.4, 0.5) is 26.4 Å². The third kappa shape index (κ3) is 5.47. The molecular formula is C25H30ClF2N7O2. The number of aromatic nitrogens is 4. The molecule has 2 aliphatic carbocycles. The van der Waals surface area contributed by atoms with Crippen LogP contribution in [0.25, 0.3) is 11.2 Å². The molecule has 2 atom stereocenters. The molecule has 2 saturated carbocycles. The molecule has 2 heterocycles. The van der Waals surface area contributed by atoms with Crippen LogP contribution in [-0.2, 0) is 4.79 Å². The van der Waals surface area contributed by atoms with Crippen LogP contribution in [0.1, 0.15) is 64.3 Å². The number of amides is 1. The number of nitrogens with one attached hydrogen (secondary N) is 2. The van der Waals surface area contributed by atoms with Crippen LogP contribution in [-0.4, -0.2) is 42.2 Å². The van der Waals surface area contributed by atoms with Crippen molar-refractivity contribution >= 4 is 46.3 Å². The zero-order chi connectivity index (χ0) is 26.3. The molecule has 12 heteroatoms. The fourth-order valence-corrected chi connectivity index (χ4v) is 5.75. The maximum Gasteiger partial charge on any atom is 0.224 e. The quantitative estimate of drug-likeness (QED) is 0.357. The molecule has 3 aromatic rings. The number of fused-ring (bicyclic) bond motifs is 1. The van der Waals surface area contributed by atoms with Gasteiger partial charge in [0.1, 0.15) is 11.2 Å². The highest BCUT2D eigenvalue weighted by atomic mass is 35.5. The topological polar surface area (TPSA) is 131 Å². The third-order valence-electron chi connectivity index (χ3n) is 7.43. The summed E-state index contributed by atoms with van der Waals surface area (Å²) in [5.74, 6) is -1.63. The number of aliphatic hydroxyl groups is 1. The molecule has 1 amide bonds. The standard InChI is InChI=1S/C25H30ClF2N7O2/c1-25(37)8-2-3-15(11-25)31-23-30-12-19-22(34-23)35(16-6-4-13(5-7-16)21(29)36)24(32-19)33-20-17(27)9-14(26)10-18(20)28/h9-10,12-13,15-16,37H,2-8,11H2,1H3,(H2,29,36)(H,32,33)(H,30,31,34)/t13?,15-,16?,25-/m0/s1. The van der Waals surface area contributed by atoms with Crippen LogP contribution in [0, 0.1) is 17.6 Å².